The van der Waals surface area contributed by atoms with Gasteiger partial charge < -0.3 is 4.74 Å². The molecule has 0 aromatic carbocycles. The van der Waals surface area contributed by atoms with E-state index in [1.165, 1.54) is 0 Å². The summed E-state index contributed by atoms with van der Waals surface area (Å²) in [5.41, 5.74) is 0. The van der Waals surface area contributed by atoms with Gasteiger partial charge in [-0.2, -0.15) is 0 Å². The Bertz CT molecular complexity index is 216. The van der Waals surface area contributed by atoms with Gasteiger partial charge in [0, 0.05) is 5.92 Å². The molecule has 0 aromatic heterocycles. The second kappa shape index (κ2) is 2.22. The third-order valence-corrected chi connectivity index (χ3v) is 2.38. The smallest absolute Gasteiger partial charge is 0.315 e. The molecule has 2 nitrogen and oxygen atoms in total. The van der Waals surface area contributed by atoms with Gasteiger partial charge in [0.1, 0.15) is 5.76 Å². The third-order valence-electron chi connectivity index (χ3n) is 2.38. The molecule has 0 radical (unpaired) electrons. The van der Waals surface area contributed by atoms with Gasteiger partial charge in [-0.3, -0.25) is 4.79 Å². The van der Waals surface area contributed by atoms with E-state index in [0.717, 1.165) is 12.8 Å². The largest absolute Gasteiger partial charge is 0.431 e. The van der Waals surface area contributed by atoms with Gasteiger partial charge in [-0.1, -0.05) is 18.7 Å². The van der Waals surface area contributed by atoms with Crippen LogP contribution in [-0.4, -0.2) is 5.97 Å². The Morgan fingerprint density at radius 2 is 2.00 bits per heavy atom. The van der Waals surface area contributed by atoms with Crippen molar-refractivity contribution in [3.05, 3.63) is 24.5 Å². The van der Waals surface area contributed by atoms with Crippen molar-refractivity contribution in [2.75, 3.05) is 0 Å². The van der Waals surface area contributed by atoms with E-state index in [-0.39, 0.29) is 17.8 Å². The number of ether oxygens (including phenoxy) is 1. The molecule has 2 unspecified atom stereocenters. The van der Waals surface area contributed by atoms with Gasteiger partial charge in [0.15, 0.2) is 0 Å². The molecule has 0 spiro atoms. The highest BCUT2D eigenvalue weighted by Crippen LogP contribution is 2.38. The maximum Gasteiger partial charge on any atom is 0.315 e. The number of allylic oxidation sites excluding steroid dienone is 3. The summed E-state index contributed by atoms with van der Waals surface area (Å²) in [6, 6.07) is 0. The lowest BCUT2D eigenvalue weighted by atomic mass is 9.84. The SMILES string of the molecule is C=C1OC(=O)C2CC=CCC12. The van der Waals surface area contributed by atoms with Crippen LogP contribution in [0.4, 0.5) is 0 Å². The van der Waals surface area contributed by atoms with Gasteiger partial charge in [0.05, 0.1) is 5.92 Å². The van der Waals surface area contributed by atoms with Crippen LogP contribution in [-0.2, 0) is 9.53 Å². The van der Waals surface area contributed by atoms with Crippen LogP contribution in [0.2, 0.25) is 0 Å². The maximum atomic E-state index is 11.1. The molecule has 58 valence electrons. The molecule has 1 heterocycles. The molecular formula is C9H10O2. The summed E-state index contributed by atoms with van der Waals surface area (Å²) in [4.78, 5) is 11.1. The number of rotatable bonds is 0. The average molecular weight is 150 g/mol. The normalized spacial score (nSPS) is 35.3. The number of esters is 1. The number of hydrogen-bond acceptors (Lipinski definition) is 2. The molecule has 2 atom stereocenters. The lowest BCUT2D eigenvalue weighted by Gasteiger charge is -2.15. The van der Waals surface area contributed by atoms with Crippen LogP contribution in [0.5, 0.6) is 0 Å². The molecule has 2 rings (SSSR count). The van der Waals surface area contributed by atoms with Crippen molar-refractivity contribution in [2.24, 2.45) is 11.8 Å². The first kappa shape index (κ1) is 6.65. The topological polar surface area (TPSA) is 26.3 Å². The van der Waals surface area contributed by atoms with E-state index in [9.17, 15) is 4.79 Å². The summed E-state index contributed by atoms with van der Waals surface area (Å²) in [5.74, 6) is 0.883. The number of carbonyl (C=O) groups excluding carboxylic acids is 1. The molecule has 1 aliphatic heterocycles. The fourth-order valence-corrected chi connectivity index (χ4v) is 1.71. The van der Waals surface area contributed by atoms with Crippen LogP contribution >= 0.6 is 0 Å². The molecule has 1 aliphatic carbocycles. The van der Waals surface area contributed by atoms with Gasteiger partial charge in [-0.05, 0) is 12.8 Å². The molecule has 2 heteroatoms. The van der Waals surface area contributed by atoms with Gasteiger partial charge in [0.2, 0.25) is 0 Å². The highest BCUT2D eigenvalue weighted by atomic mass is 16.5. The molecule has 0 bridgehead atoms. The van der Waals surface area contributed by atoms with Crippen LogP contribution in [0.1, 0.15) is 12.8 Å². The van der Waals surface area contributed by atoms with E-state index < -0.39 is 0 Å². The minimum absolute atomic E-state index is 0.0625. The summed E-state index contributed by atoms with van der Waals surface area (Å²) in [6.45, 7) is 3.71. The van der Waals surface area contributed by atoms with Crippen LogP contribution in [0, 0.1) is 11.8 Å². The summed E-state index contributed by atoms with van der Waals surface area (Å²) in [5, 5.41) is 0. The van der Waals surface area contributed by atoms with Crippen molar-refractivity contribution in [1.82, 2.24) is 0 Å². The van der Waals surface area contributed by atoms with E-state index in [0.29, 0.717) is 5.76 Å². The highest BCUT2D eigenvalue weighted by Gasteiger charge is 2.39. The molecule has 0 N–H and O–H groups in total. The molecule has 11 heavy (non-hydrogen) atoms. The van der Waals surface area contributed by atoms with Crippen molar-refractivity contribution in [1.29, 1.82) is 0 Å². The van der Waals surface area contributed by atoms with Crippen LogP contribution in [0.3, 0.4) is 0 Å². The molecular weight excluding hydrogens is 140 g/mol. The van der Waals surface area contributed by atoms with Crippen molar-refractivity contribution < 1.29 is 9.53 Å². The minimum Gasteiger partial charge on any atom is -0.431 e. The average Bonchev–Trinajstić information content (AvgIpc) is 2.30. The Morgan fingerprint density at radius 1 is 1.36 bits per heavy atom. The minimum atomic E-state index is -0.0932. The molecule has 0 saturated carbocycles. The molecule has 0 aromatic rings. The first-order valence-corrected chi connectivity index (χ1v) is 3.84. The van der Waals surface area contributed by atoms with E-state index in [4.69, 9.17) is 4.74 Å². The van der Waals surface area contributed by atoms with Crippen molar-refractivity contribution in [3.63, 3.8) is 0 Å². The Balaban J connectivity index is 2.28. The highest BCUT2D eigenvalue weighted by molar-refractivity contribution is 5.77. The lowest BCUT2D eigenvalue weighted by Crippen LogP contribution is -2.16. The third kappa shape index (κ3) is 0.897. The van der Waals surface area contributed by atoms with Gasteiger partial charge in [-0.25, -0.2) is 0 Å². The van der Waals surface area contributed by atoms with Crippen molar-refractivity contribution in [2.45, 2.75) is 12.8 Å². The number of fused-ring (bicyclic) bond motifs is 1. The van der Waals surface area contributed by atoms with E-state index in [2.05, 4.69) is 12.7 Å². The second-order valence-electron chi connectivity index (χ2n) is 3.04. The predicted octanol–water partition coefficient (Wildman–Crippen LogP) is 1.64. The van der Waals surface area contributed by atoms with Gasteiger partial charge >= 0.3 is 5.97 Å². The molecule has 2 aliphatic rings. The van der Waals surface area contributed by atoms with E-state index >= 15 is 0 Å². The quantitative estimate of drug-likeness (QED) is 0.387. The standard InChI is InChI=1S/C9H10O2/c1-6-7-4-2-3-5-8(7)9(10)11-6/h2-3,7-8H,1,4-5H2. The lowest BCUT2D eigenvalue weighted by molar-refractivity contribution is -0.139. The number of hydrogen-bond donors (Lipinski definition) is 0. The van der Waals surface area contributed by atoms with Gasteiger partial charge in [0.25, 0.3) is 0 Å². The summed E-state index contributed by atoms with van der Waals surface area (Å²) >= 11 is 0. The fourth-order valence-electron chi connectivity index (χ4n) is 1.71. The van der Waals surface area contributed by atoms with Crippen LogP contribution < -0.4 is 0 Å². The van der Waals surface area contributed by atoms with Crippen molar-refractivity contribution in [3.8, 4) is 0 Å². The predicted molar refractivity (Wildman–Crippen MR) is 40.6 cm³/mol. The molecule has 1 fully saturated rings. The summed E-state index contributed by atoms with van der Waals surface area (Å²) in [6.07, 6.45) is 5.87. The zero-order valence-electron chi connectivity index (χ0n) is 6.25. The Labute approximate surface area is 65.5 Å². The zero-order chi connectivity index (χ0) is 7.84. The Morgan fingerprint density at radius 3 is 2.64 bits per heavy atom. The number of cyclic esters (lactones) is 1. The Hall–Kier alpha value is -1.05. The monoisotopic (exact) mass is 150 g/mol. The molecule has 1 saturated heterocycles. The number of carbonyl (C=O) groups is 1. The first-order chi connectivity index (χ1) is 5.29. The summed E-state index contributed by atoms with van der Waals surface area (Å²) in [7, 11) is 0. The van der Waals surface area contributed by atoms with E-state index in [1.807, 2.05) is 6.08 Å². The first-order valence-electron chi connectivity index (χ1n) is 3.84. The molecule has 0 amide bonds. The maximum absolute atomic E-state index is 11.1. The van der Waals surface area contributed by atoms with Crippen LogP contribution in [0.15, 0.2) is 24.5 Å². The second-order valence-corrected chi connectivity index (χ2v) is 3.04. The zero-order valence-corrected chi connectivity index (χ0v) is 6.25. The summed E-state index contributed by atoms with van der Waals surface area (Å²) < 4.78 is 4.93. The van der Waals surface area contributed by atoms with Crippen LogP contribution in [0.25, 0.3) is 0 Å². The van der Waals surface area contributed by atoms with E-state index in [1.54, 1.807) is 0 Å². The fraction of sp³-hybridized carbons (Fsp3) is 0.444. The van der Waals surface area contributed by atoms with Gasteiger partial charge in [-0.15, -0.1) is 0 Å². The van der Waals surface area contributed by atoms with Crippen molar-refractivity contribution >= 4 is 5.97 Å². The Kier molecular flexibility index (Phi) is 1.34.